The summed E-state index contributed by atoms with van der Waals surface area (Å²) in [6.07, 6.45) is 0. The van der Waals surface area contributed by atoms with Crippen LogP contribution < -0.4 is 10.1 Å². The zero-order chi connectivity index (χ0) is 15.6. The second-order valence-corrected chi connectivity index (χ2v) is 4.71. The second kappa shape index (κ2) is 6.25. The van der Waals surface area contributed by atoms with E-state index in [0.717, 1.165) is 12.1 Å². The highest BCUT2D eigenvalue weighted by molar-refractivity contribution is 6.37. The predicted octanol–water partition coefficient (Wildman–Crippen LogP) is 3.57. The normalized spacial score (nSPS) is 10.3. The van der Waals surface area contributed by atoms with Gasteiger partial charge in [-0.05, 0) is 11.6 Å². The maximum Gasteiger partial charge on any atom is 0.328 e. The van der Waals surface area contributed by atoms with Crippen molar-refractivity contribution in [2.24, 2.45) is 0 Å². The van der Waals surface area contributed by atoms with E-state index in [1.165, 1.54) is 0 Å². The molecule has 11 heteroatoms. The summed E-state index contributed by atoms with van der Waals surface area (Å²) < 4.78 is 5.32. The first-order valence-corrected chi connectivity index (χ1v) is 6.44. The van der Waals surface area contributed by atoms with Crippen LogP contribution in [-0.2, 0) is 0 Å². The monoisotopic (exact) mass is 349 g/mol. The molecule has 0 saturated heterocycles. The fourth-order valence-electron chi connectivity index (χ4n) is 1.33. The second-order valence-electron chi connectivity index (χ2n) is 3.56. The Labute approximate surface area is 133 Å². The van der Waals surface area contributed by atoms with Crippen LogP contribution >= 0.6 is 34.8 Å². The minimum absolute atomic E-state index is 0.0201. The van der Waals surface area contributed by atoms with Crippen molar-refractivity contribution in [3.05, 3.63) is 37.6 Å². The highest BCUT2D eigenvalue weighted by Gasteiger charge is 2.18. The molecule has 21 heavy (non-hydrogen) atoms. The number of anilines is 1. The van der Waals surface area contributed by atoms with Crippen molar-refractivity contribution < 1.29 is 9.66 Å². The lowest BCUT2D eigenvalue weighted by molar-refractivity contribution is -0.384. The molecule has 0 radical (unpaired) electrons. The standard InChI is InChI=1S/C10H6Cl3N5O3/c1-14-9-15-8(13)16-10(17-9)21-7-5(11)2-4(18(19)20)3-6(7)12/h2-3H,1H3,(H,14,15,16,17). The van der Waals surface area contributed by atoms with Gasteiger partial charge in [0.1, 0.15) is 0 Å². The maximum absolute atomic E-state index is 10.7. The minimum atomic E-state index is -0.625. The summed E-state index contributed by atoms with van der Waals surface area (Å²) in [5.74, 6) is 0.160. The van der Waals surface area contributed by atoms with E-state index in [-0.39, 0.29) is 38.7 Å². The molecule has 0 fully saturated rings. The molecule has 0 aliphatic carbocycles. The van der Waals surface area contributed by atoms with Crippen LogP contribution in [0.1, 0.15) is 0 Å². The van der Waals surface area contributed by atoms with E-state index in [0.29, 0.717) is 0 Å². The quantitative estimate of drug-likeness (QED) is 0.664. The first-order chi connectivity index (χ1) is 9.90. The average Bonchev–Trinajstić information content (AvgIpc) is 2.41. The van der Waals surface area contributed by atoms with Crippen molar-refractivity contribution in [2.45, 2.75) is 0 Å². The van der Waals surface area contributed by atoms with Gasteiger partial charge in [-0.25, -0.2) is 0 Å². The van der Waals surface area contributed by atoms with Crippen molar-refractivity contribution >= 4 is 46.4 Å². The number of ether oxygens (including phenoxy) is 1. The molecule has 1 aromatic carbocycles. The summed E-state index contributed by atoms with van der Waals surface area (Å²) in [6, 6.07) is 2.05. The molecular weight excluding hydrogens is 345 g/mol. The summed E-state index contributed by atoms with van der Waals surface area (Å²) >= 11 is 17.5. The summed E-state index contributed by atoms with van der Waals surface area (Å²) in [5, 5.41) is 13.1. The summed E-state index contributed by atoms with van der Waals surface area (Å²) in [5.41, 5.74) is -0.262. The third-order valence-electron chi connectivity index (χ3n) is 2.20. The van der Waals surface area contributed by atoms with Gasteiger partial charge in [0.15, 0.2) is 5.75 Å². The lowest BCUT2D eigenvalue weighted by Crippen LogP contribution is -2.01. The molecule has 0 amide bonds. The van der Waals surface area contributed by atoms with E-state index in [4.69, 9.17) is 39.5 Å². The third kappa shape index (κ3) is 3.60. The highest BCUT2D eigenvalue weighted by atomic mass is 35.5. The Morgan fingerprint density at radius 2 is 1.81 bits per heavy atom. The lowest BCUT2D eigenvalue weighted by atomic mass is 10.3. The Bertz CT molecular complexity index is 689. The molecular formula is C10H6Cl3N5O3. The van der Waals surface area contributed by atoms with E-state index >= 15 is 0 Å². The molecule has 2 rings (SSSR count). The SMILES string of the molecule is CNc1nc(Cl)nc(Oc2c(Cl)cc([N+](=O)[O-])cc2Cl)n1. The number of rotatable bonds is 4. The van der Waals surface area contributed by atoms with E-state index in [2.05, 4.69) is 20.3 Å². The van der Waals surface area contributed by atoms with Gasteiger partial charge >= 0.3 is 6.01 Å². The number of hydrogen-bond donors (Lipinski definition) is 1. The number of nitro benzene ring substituents is 1. The molecule has 0 bridgehead atoms. The average molecular weight is 351 g/mol. The summed E-state index contributed by atoms with van der Waals surface area (Å²) in [4.78, 5) is 21.5. The van der Waals surface area contributed by atoms with Gasteiger partial charge in [0.2, 0.25) is 11.2 Å². The van der Waals surface area contributed by atoms with E-state index < -0.39 is 4.92 Å². The lowest BCUT2D eigenvalue weighted by Gasteiger charge is -2.08. The van der Waals surface area contributed by atoms with Crippen LogP contribution in [0, 0.1) is 10.1 Å². The molecule has 2 aromatic rings. The first kappa shape index (κ1) is 15.5. The molecule has 0 aliphatic heterocycles. The molecule has 8 nitrogen and oxygen atoms in total. The fourth-order valence-corrected chi connectivity index (χ4v) is 2.04. The van der Waals surface area contributed by atoms with Gasteiger partial charge in [0.25, 0.3) is 5.69 Å². The molecule has 0 unspecified atom stereocenters. The van der Waals surface area contributed by atoms with Gasteiger partial charge in [-0.3, -0.25) is 10.1 Å². The zero-order valence-electron chi connectivity index (χ0n) is 10.3. The van der Waals surface area contributed by atoms with Crippen molar-refractivity contribution in [3.63, 3.8) is 0 Å². The first-order valence-electron chi connectivity index (χ1n) is 5.31. The molecule has 110 valence electrons. The Hall–Kier alpha value is -1.90. The molecule has 0 saturated carbocycles. The number of nitrogens with zero attached hydrogens (tertiary/aromatic N) is 4. The van der Waals surface area contributed by atoms with Gasteiger partial charge in [0, 0.05) is 19.2 Å². The number of benzene rings is 1. The van der Waals surface area contributed by atoms with Crippen LogP contribution in [0.4, 0.5) is 11.6 Å². The van der Waals surface area contributed by atoms with Gasteiger partial charge in [0.05, 0.1) is 15.0 Å². The van der Waals surface area contributed by atoms with Crippen LogP contribution in [0.5, 0.6) is 11.8 Å². The largest absolute Gasteiger partial charge is 0.421 e. The Kier molecular flexibility index (Phi) is 4.61. The number of non-ortho nitro benzene ring substituents is 1. The highest BCUT2D eigenvalue weighted by Crippen LogP contribution is 2.38. The Morgan fingerprint density at radius 1 is 1.19 bits per heavy atom. The topological polar surface area (TPSA) is 103 Å². The van der Waals surface area contributed by atoms with Crippen molar-refractivity contribution in [2.75, 3.05) is 12.4 Å². The Balaban J connectivity index is 2.40. The molecule has 0 spiro atoms. The van der Waals surface area contributed by atoms with Gasteiger partial charge in [-0.15, -0.1) is 0 Å². The third-order valence-corrected chi connectivity index (χ3v) is 2.93. The van der Waals surface area contributed by atoms with E-state index in [9.17, 15) is 10.1 Å². The number of hydrogen-bond acceptors (Lipinski definition) is 7. The molecule has 1 aromatic heterocycles. The van der Waals surface area contributed by atoms with E-state index in [1.54, 1.807) is 7.05 Å². The van der Waals surface area contributed by atoms with Gasteiger partial charge < -0.3 is 10.1 Å². The Morgan fingerprint density at radius 3 is 2.33 bits per heavy atom. The minimum Gasteiger partial charge on any atom is -0.421 e. The van der Waals surface area contributed by atoms with Crippen LogP contribution in [0.25, 0.3) is 0 Å². The van der Waals surface area contributed by atoms with Crippen LogP contribution in [0.15, 0.2) is 12.1 Å². The molecule has 1 N–H and O–H groups in total. The molecule has 0 atom stereocenters. The van der Waals surface area contributed by atoms with Crippen LogP contribution in [0.2, 0.25) is 15.3 Å². The summed E-state index contributed by atoms with van der Waals surface area (Å²) in [7, 11) is 1.58. The fraction of sp³-hybridized carbons (Fsp3) is 0.100. The van der Waals surface area contributed by atoms with Crippen LogP contribution in [0.3, 0.4) is 0 Å². The predicted molar refractivity (Wildman–Crippen MR) is 77.6 cm³/mol. The number of nitro groups is 1. The maximum atomic E-state index is 10.7. The number of aromatic nitrogens is 3. The summed E-state index contributed by atoms with van der Waals surface area (Å²) in [6.45, 7) is 0. The van der Waals surface area contributed by atoms with Crippen molar-refractivity contribution in [1.82, 2.24) is 15.0 Å². The smallest absolute Gasteiger partial charge is 0.328 e. The molecule has 1 heterocycles. The van der Waals surface area contributed by atoms with Crippen molar-refractivity contribution in [3.8, 4) is 11.8 Å². The number of nitrogens with one attached hydrogen (secondary N) is 1. The van der Waals surface area contributed by atoms with Crippen LogP contribution in [-0.4, -0.2) is 26.9 Å². The van der Waals surface area contributed by atoms with Crippen molar-refractivity contribution in [1.29, 1.82) is 0 Å². The van der Waals surface area contributed by atoms with Gasteiger partial charge in [-0.2, -0.15) is 15.0 Å². The molecule has 0 aliphatic rings. The van der Waals surface area contributed by atoms with E-state index in [1.807, 2.05) is 0 Å². The number of halogens is 3. The zero-order valence-corrected chi connectivity index (χ0v) is 12.6. The van der Waals surface area contributed by atoms with Gasteiger partial charge in [-0.1, -0.05) is 23.2 Å².